The van der Waals surface area contributed by atoms with Gasteiger partial charge in [-0.15, -0.1) is 5.10 Å². The number of thiocarbonyl (C=S) groups is 1. The molecule has 0 aliphatic heterocycles. The normalized spacial score (nSPS) is 9.82. The highest BCUT2D eigenvalue weighted by molar-refractivity contribution is 7.98. The smallest absolute Gasteiger partial charge is 0.413 e. The molecule has 0 fully saturated rings. The molecule has 0 bridgehead atoms. The van der Waals surface area contributed by atoms with Crippen molar-refractivity contribution >= 4 is 41.1 Å². The van der Waals surface area contributed by atoms with Crippen LogP contribution in [0.1, 0.15) is 6.92 Å². The molecule has 9 heteroatoms. The summed E-state index contributed by atoms with van der Waals surface area (Å²) in [5.74, 6) is 0.332. The Morgan fingerprint density at radius 2 is 2.35 bits per heavy atom. The summed E-state index contributed by atoms with van der Waals surface area (Å²) in [6.45, 7) is 1.99. The van der Waals surface area contributed by atoms with E-state index in [-0.39, 0.29) is 11.7 Å². The van der Waals surface area contributed by atoms with Gasteiger partial charge in [-0.25, -0.2) is 9.48 Å². The molecule has 1 aromatic heterocycles. The van der Waals surface area contributed by atoms with Gasteiger partial charge in [-0.2, -0.15) is 4.98 Å². The van der Waals surface area contributed by atoms with Crippen molar-refractivity contribution in [2.45, 2.75) is 12.1 Å². The number of anilines is 1. The maximum Gasteiger partial charge on any atom is 0.413 e. The van der Waals surface area contributed by atoms with E-state index < -0.39 is 6.09 Å². The highest BCUT2D eigenvalue weighted by Gasteiger charge is 2.09. The largest absolute Gasteiger partial charge is 0.450 e. The first-order valence-corrected chi connectivity index (χ1v) is 6.40. The molecule has 0 aliphatic carbocycles. The fraction of sp³-hybridized carbons (Fsp3) is 0.500. The minimum absolute atomic E-state index is 0.0988. The van der Waals surface area contributed by atoms with E-state index in [1.165, 1.54) is 11.8 Å². The summed E-state index contributed by atoms with van der Waals surface area (Å²) < 4.78 is 6.28. The van der Waals surface area contributed by atoms with Crippen molar-refractivity contribution < 1.29 is 9.53 Å². The lowest BCUT2D eigenvalue weighted by molar-refractivity contribution is 0.158. The molecule has 0 atom stereocenters. The summed E-state index contributed by atoms with van der Waals surface area (Å²) >= 11 is 6.36. The van der Waals surface area contributed by atoms with E-state index in [1.807, 2.05) is 6.26 Å². The van der Waals surface area contributed by atoms with Gasteiger partial charge in [0.1, 0.15) is 0 Å². The molecule has 1 aromatic rings. The van der Waals surface area contributed by atoms with E-state index in [2.05, 4.69) is 25.5 Å². The molecule has 17 heavy (non-hydrogen) atoms. The average molecular weight is 275 g/mol. The van der Waals surface area contributed by atoms with E-state index in [1.54, 1.807) is 18.7 Å². The van der Waals surface area contributed by atoms with Crippen LogP contribution in [0.15, 0.2) is 5.16 Å². The van der Waals surface area contributed by atoms with Crippen molar-refractivity contribution in [1.29, 1.82) is 0 Å². The highest BCUT2D eigenvalue weighted by Crippen LogP contribution is 2.12. The Morgan fingerprint density at radius 3 is 2.88 bits per heavy atom. The molecular formula is C8H13N5O2S2. The summed E-state index contributed by atoms with van der Waals surface area (Å²) in [6.07, 6.45) is 1.29. The minimum Gasteiger partial charge on any atom is -0.450 e. The molecule has 2 N–H and O–H groups in total. The Balaban J connectivity index is 2.53. The van der Waals surface area contributed by atoms with Gasteiger partial charge in [0.25, 0.3) is 0 Å². The van der Waals surface area contributed by atoms with Crippen LogP contribution in [0.25, 0.3) is 0 Å². The Labute approximate surface area is 108 Å². The summed E-state index contributed by atoms with van der Waals surface area (Å²) in [6, 6.07) is 0. The SMILES string of the molecule is CCOC(=O)NC(=S)Nc1nc(SC)n(C)n1. The Morgan fingerprint density at radius 1 is 1.65 bits per heavy atom. The number of thioether (sulfide) groups is 1. The number of ether oxygens (including phenoxy) is 1. The van der Waals surface area contributed by atoms with Crippen LogP contribution in [-0.2, 0) is 11.8 Å². The first-order valence-electron chi connectivity index (χ1n) is 4.76. The van der Waals surface area contributed by atoms with Crippen molar-refractivity contribution in [2.24, 2.45) is 7.05 Å². The number of hydrogen-bond donors (Lipinski definition) is 2. The van der Waals surface area contributed by atoms with Gasteiger partial charge in [-0.1, -0.05) is 11.8 Å². The number of amides is 1. The minimum atomic E-state index is -0.606. The average Bonchev–Trinajstić information content (AvgIpc) is 2.58. The molecule has 1 rings (SSSR count). The molecular weight excluding hydrogens is 262 g/mol. The number of carbonyl (C=O) groups is 1. The van der Waals surface area contributed by atoms with Gasteiger partial charge in [0.05, 0.1) is 6.61 Å². The standard InChI is InChI=1S/C8H13N5O2S2/c1-4-15-8(14)11-6(16)9-5-10-7(17-3)13(2)12-5/h4H2,1-3H3,(H2,9,11,12,14,16). The van der Waals surface area contributed by atoms with Crippen molar-refractivity contribution in [1.82, 2.24) is 20.1 Å². The molecule has 7 nitrogen and oxygen atoms in total. The Kier molecular flexibility index (Phi) is 5.16. The lowest BCUT2D eigenvalue weighted by Gasteiger charge is -2.05. The van der Waals surface area contributed by atoms with Crippen LogP contribution in [0.2, 0.25) is 0 Å². The van der Waals surface area contributed by atoms with Crippen LogP contribution in [0.3, 0.4) is 0 Å². The number of nitrogens with zero attached hydrogens (tertiary/aromatic N) is 3. The summed E-state index contributed by atoms with van der Waals surface area (Å²) in [5, 5.41) is 9.94. The van der Waals surface area contributed by atoms with Crippen LogP contribution in [0.5, 0.6) is 0 Å². The number of aryl methyl sites for hydroxylation is 1. The van der Waals surface area contributed by atoms with Crippen molar-refractivity contribution in [3.63, 3.8) is 0 Å². The molecule has 0 unspecified atom stereocenters. The van der Waals surface area contributed by atoms with E-state index in [0.29, 0.717) is 5.95 Å². The second kappa shape index (κ2) is 6.40. The van der Waals surface area contributed by atoms with Gasteiger partial charge in [0.2, 0.25) is 5.95 Å². The predicted molar refractivity (Wildman–Crippen MR) is 69.2 cm³/mol. The predicted octanol–water partition coefficient (Wildman–Crippen LogP) is 0.980. The fourth-order valence-corrected chi connectivity index (χ4v) is 1.65. The number of nitrogens with one attached hydrogen (secondary N) is 2. The number of aromatic nitrogens is 3. The zero-order valence-corrected chi connectivity index (χ0v) is 11.3. The molecule has 0 saturated carbocycles. The number of alkyl carbamates (subject to hydrolysis) is 1. The first-order chi connectivity index (χ1) is 8.06. The Hall–Kier alpha value is -1.35. The van der Waals surface area contributed by atoms with E-state index >= 15 is 0 Å². The third-order valence-electron chi connectivity index (χ3n) is 1.62. The molecule has 0 aliphatic rings. The van der Waals surface area contributed by atoms with Crippen molar-refractivity contribution in [3.05, 3.63) is 0 Å². The maximum absolute atomic E-state index is 11.1. The number of hydrogen-bond acceptors (Lipinski definition) is 6. The fourth-order valence-electron chi connectivity index (χ4n) is 0.994. The van der Waals surface area contributed by atoms with Crippen LogP contribution in [-0.4, -0.2) is 38.8 Å². The van der Waals surface area contributed by atoms with Crippen LogP contribution < -0.4 is 10.6 Å². The van der Waals surface area contributed by atoms with E-state index in [9.17, 15) is 4.79 Å². The molecule has 0 radical (unpaired) electrons. The summed E-state index contributed by atoms with van der Waals surface area (Å²) in [5.41, 5.74) is 0. The molecule has 1 amide bonds. The van der Waals surface area contributed by atoms with E-state index in [4.69, 9.17) is 12.2 Å². The lowest BCUT2D eigenvalue weighted by atomic mass is 10.8. The molecule has 1 heterocycles. The van der Waals surface area contributed by atoms with E-state index in [0.717, 1.165) is 5.16 Å². The van der Waals surface area contributed by atoms with Crippen LogP contribution in [0, 0.1) is 0 Å². The molecule has 0 spiro atoms. The van der Waals surface area contributed by atoms with Crippen molar-refractivity contribution in [3.8, 4) is 0 Å². The van der Waals surface area contributed by atoms with Crippen molar-refractivity contribution in [2.75, 3.05) is 18.2 Å². The summed E-state index contributed by atoms with van der Waals surface area (Å²) in [7, 11) is 1.77. The maximum atomic E-state index is 11.1. The molecule has 0 aromatic carbocycles. The van der Waals surface area contributed by atoms with Gasteiger partial charge < -0.3 is 4.74 Å². The number of carbonyl (C=O) groups excluding carboxylic acids is 1. The zero-order chi connectivity index (χ0) is 12.8. The second-order valence-electron chi connectivity index (χ2n) is 2.85. The van der Waals surface area contributed by atoms with Gasteiger partial charge in [-0.3, -0.25) is 10.6 Å². The van der Waals surface area contributed by atoms with Crippen LogP contribution in [0.4, 0.5) is 10.7 Å². The Bertz CT molecular complexity index is 420. The van der Waals surface area contributed by atoms with Gasteiger partial charge in [0.15, 0.2) is 10.3 Å². The summed E-state index contributed by atoms with van der Waals surface area (Å²) in [4.78, 5) is 15.2. The first kappa shape index (κ1) is 13.7. The third-order valence-corrected chi connectivity index (χ3v) is 2.55. The lowest BCUT2D eigenvalue weighted by Crippen LogP contribution is -2.34. The topological polar surface area (TPSA) is 81.1 Å². The van der Waals surface area contributed by atoms with Gasteiger partial charge in [0, 0.05) is 7.05 Å². The molecule has 0 saturated heterocycles. The monoisotopic (exact) mass is 275 g/mol. The second-order valence-corrected chi connectivity index (χ2v) is 4.03. The van der Waals surface area contributed by atoms with Gasteiger partial charge >= 0.3 is 6.09 Å². The van der Waals surface area contributed by atoms with Gasteiger partial charge in [-0.05, 0) is 25.4 Å². The molecule has 94 valence electrons. The third kappa shape index (κ3) is 4.19. The quantitative estimate of drug-likeness (QED) is 0.628. The number of rotatable bonds is 3. The highest BCUT2D eigenvalue weighted by atomic mass is 32.2. The zero-order valence-electron chi connectivity index (χ0n) is 9.68. The van der Waals surface area contributed by atoms with Crippen LogP contribution >= 0.6 is 24.0 Å².